The number of hydrogen-bond donors (Lipinski definition) is 2. The number of nitrogens with zero attached hydrogens (tertiary/aromatic N) is 2. The van der Waals surface area contributed by atoms with E-state index in [-0.39, 0.29) is 5.91 Å². The van der Waals surface area contributed by atoms with E-state index in [9.17, 15) is 4.79 Å². The lowest BCUT2D eigenvalue weighted by molar-refractivity contribution is -0.121. The van der Waals surface area contributed by atoms with E-state index in [4.69, 9.17) is 0 Å². The molecule has 2 N–H and O–H groups in total. The Morgan fingerprint density at radius 1 is 1.59 bits per heavy atom. The molecule has 1 aromatic rings. The standard InChI is InChI=1S/C12H20N4O/c17-12(9-11-3-6-13-10-11)14-4-1-7-16-8-2-5-15-16/h2,5,8,11,13H,1,3-4,6-7,9-10H2,(H,14,17). The van der Waals surface area contributed by atoms with Crippen molar-refractivity contribution in [2.45, 2.75) is 25.8 Å². The fourth-order valence-corrected chi connectivity index (χ4v) is 2.12. The second-order valence-electron chi connectivity index (χ2n) is 4.54. The highest BCUT2D eigenvalue weighted by molar-refractivity contribution is 5.76. The molecule has 1 aliphatic heterocycles. The summed E-state index contributed by atoms with van der Waals surface area (Å²) in [5.41, 5.74) is 0. The molecule has 0 saturated carbocycles. The highest BCUT2D eigenvalue weighted by Gasteiger charge is 2.17. The number of nitrogens with one attached hydrogen (secondary N) is 2. The van der Waals surface area contributed by atoms with Crippen molar-refractivity contribution in [2.75, 3.05) is 19.6 Å². The van der Waals surface area contributed by atoms with Gasteiger partial charge in [-0.3, -0.25) is 9.48 Å². The first kappa shape index (κ1) is 12.1. The van der Waals surface area contributed by atoms with E-state index in [0.29, 0.717) is 12.3 Å². The second-order valence-corrected chi connectivity index (χ2v) is 4.54. The Morgan fingerprint density at radius 2 is 2.53 bits per heavy atom. The van der Waals surface area contributed by atoms with Gasteiger partial charge in [-0.1, -0.05) is 0 Å². The molecule has 1 aliphatic rings. The molecule has 1 amide bonds. The van der Waals surface area contributed by atoms with Gasteiger partial charge in [0.25, 0.3) is 0 Å². The predicted molar refractivity (Wildman–Crippen MR) is 65.4 cm³/mol. The molecule has 5 nitrogen and oxygen atoms in total. The first-order valence-corrected chi connectivity index (χ1v) is 6.29. The van der Waals surface area contributed by atoms with E-state index in [1.807, 2.05) is 16.9 Å². The summed E-state index contributed by atoms with van der Waals surface area (Å²) in [6, 6.07) is 1.91. The van der Waals surface area contributed by atoms with Gasteiger partial charge in [-0.05, 0) is 37.9 Å². The van der Waals surface area contributed by atoms with Crippen LogP contribution in [0.1, 0.15) is 19.3 Å². The second kappa shape index (κ2) is 6.39. The zero-order valence-corrected chi connectivity index (χ0v) is 10.1. The third-order valence-electron chi connectivity index (χ3n) is 3.08. The van der Waals surface area contributed by atoms with Crippen LogP contribution < -0.4 is 10.6 Å². The van der Waals surface area contributed by atoms with E-state index in [2.05, 4.69) is 15.7 Å². The van der Waals surface area contributed by atoms with Crippen molar-refractivity contribution < 1.29 is 4.79 Å². The molecular weight excluding hydrogens is 216 g/mol. The molecule has 5 heteroatoms. The largest absolute Gasteiger partial charge is 0.356 e. The molecule has 2 rings (SSSR count). The molecular formula is C12H20N4O. The third kappa shape index (κ3) is 4.19. The first-order chi connectivity index (χ1) is 8.34. The van der Waals surface area contributed by atoms with Crippen LogP contribution in [0.5, 0.6) is 0 Å². The summed E-state index contributed by atoms with van der Waals surface area (Å²) < 4.78 is 1.88. The first-order valence-electron chi connectivity index (χ1n) is 6.29. The maximum atomic E-state index is 11.6. The Bertz CT molecular complexity index is 330. The number of carbonyl (C=O) groups excluding carboxylic acids is 1. The smallest absolute Gasteiger partial charge is 0.220 e. The van der Waals surface area contributed by atoms with Crippen LogP contribution in [-0.4, -0.2) is 35.3 Å². The topological polar surface area (TPSA) is 59.0 Å². The summed E-state index contributed by atoms with van der Waals surface area (Å²) in [6.07, 6.45) is 6.42. The van der Waals surface area contributed by atoms with Gasteiger partial charge in [-0.15, -0.1) is 0 Å². The Balaban J connectivity index is 1.53. The number of hydrogen-bond acceptors (Lipinski definition) is 3. The maximum absolute atomic E-state index is 11.6. The molecule has 1 fully saturated rings. The molecule has 2 heterocycles. The highest BCUT2D eigenvalue weighted by atomic mass is 16.1. The van der Waals surface area contributed by atoms with Gasteiger partial charge in [0.2, 0.25) is 5.91 Å². The van der Waals surface area contributed by atoms with E-state index in [1.165, 1.54) is 0 Å². The highest BCUT2D eigenvalue weighted by Crippen LogP contribution is 2.11. The lowest BCUT2D eigenvalue weighted by Crippen LogP contribution is -2.27. The average molecular weight is 236 g/mol. The Morgan fingerprint density at radius 3 is 3.24 bits per heavy atom. The number of carbonyl (C=O) groups is 1. The number of aromatic nitrogens is 2. The third-order valence-corrected chi connectivity index (χ3v) is 3.08. The predicted octanol–water partition coefficient (Wildman–Crippen LogP) is 0.389. The van der Waals surface area contributed by atoms with Gasteiger partial charge in [0.15, 0.2) is 0 Å². The van der Waals surface area contributed by atoms with Gasteiger partial charge in [0.05, 0.1) is 0 Å². The van der Waals surface area contributed by atoms with Gasteiger partial charge >= 0.3 is 0 Å². The van der Waals surface area contributed by atoms with Gasteiger partial charge in [-0.2, -0.15) is 5.10 Å². The summed E-state index contributed by atoms with van der Waals surface area (Å²) in [6.45, 7) is 3.63. The summed E-state index contributed by atoms with van der Waals surface area (Å²) in [5.74, 6) is 0.709. The van der Waals surface area contributed by atoms with E-state index < -0.39 is 0 Å². The SMILES string of the molecule is O=C(CC1CCNC1)NCCCn1cccn1. The van der Waals surface area contributed by atoms with E-state index in [1.54, 1.807) is 6.20 Å². The molecule has 0 bridgehead atoms. The lowest BCUT2D eigenvalue weighted by Gasteiger charge is -2.09. The zero-order valence-electron chi connectivity index (χ0n) is 10.1. The fourth-order valence-electron chi connectivity index (χ4n) is 2.12. The van der Waals surface area contributed by atoms with Gasteiger partial charge in [0.1, 0.15) is 0 Å². The van der Waals surface area contributed by atoms with Crippen molar-refractivity contribution in [3.05, 3.63) is 18.5 Å². The van der Waals surface area contributed by atoms with Crippen LogP contribution in [0.25, 0.3) is 0 Å². The summed E-state index contributed by atoms with van der Waals surface area (Å²) in [7, 11) is 0. The van der Waals surface area contributed by atoms with E-state index in [0.717, 1.165) is 39.0 Å². The maximum Gasteiger partial charge on any atom is 0.220 e. The molecule has 1 atom stereocenters. The van der Waals surface area contributed by atoms with Crippen LogP contribution in [0.4, 0.5) is 0 Å². The molecule has 1 aromatic heterocycles. The molecule has 0 spiro atoms. The van der Waals surface area contributed by atoms with Gasteiger partial charge < -0.3 is 10.6 Å². The van der Waals surface area contributed by atoms with Crippen molar-refractivity contribution in [3.8, 4) is 0 Å². The molecule has 0 aromatic carbocycles. The number of amides is 1. The van der Waals surface area contributed by atoms with Gasteiger partial charge in [0, 0.05) is 31.9 Å². The van der Waals surface area contributed by atoms with Crippen LogP contribution in [-0.2, 0) is 11.3 Å². The fraction of sp³-hybridized carbons (Fsp3) is 0.667. The molecule has 17 heavy (non-hydrogen) atoms. The molecule has 0 aliphatic carbocycles. The van der Waals surface area contributed by atoms with Crippen LogP contribution in [0.3, 0.4) is 0 Å². The monoisotopic (exact) mass is 236 g/mol. The number of rotatable bonds is 6. The van der Waals surface area contributed by atoms with Crippen molar-refractivity contribution in [3.63, 3.8) is 0 Å². The van der Waals surface area contributed by atoms with E-state index >= 15 is 0 Å². The van der Waals surface area contributed by atoms with Crippen molar-refractivity contribution >= 4 is 5.91 Å². The Kier molecular flexibility index (Phi) is 4.55. The minimum Gasteiger partial charge on any atom is -0.356 e. The zero-order chi connectivity index (χ0) is 11.9. The normalized spacial score (nSPS) is 19.4. The molecule has 94 valence electrons. The lowest BCUT2D eigenvalue weighted by atomic mass is 10.0. The quantitative estimate of drug-likeness (QED) is 0.702. The minimum atomic E-state index is 0.180. The summed E-state index contributed by atoms with van der Waals surface area (Å²) in [5, 5.41) is 10.3. The van der Waals surface area contributed by atoms with Crippen molar-refractivity contribution in [1.82, 2.24) is 20.4 Å². The minimum absolute atomic E-state index is 0.180. The van der Waals surface area contributed by atoms with Gasteiger partial charge in [-0.25, -0.2) is 0 Å². The number of aryl methyl sites for hydroxylation is 1. The van der Waals surface area contributed by atoms with Crippen LogP contribution in [0.15, 0.2) is 18.5 Å². The van der Waals surface area contributed by atoms with Crippen molar-refractivity contribution in [2.24, 2.45) is 5.92 Å². The Labute approximate surface area is 102 Å². The van der Waals surface area contributed by atoms with Crippen LogP contribution >= 0.6 is 0 Å². The average Bonchev–Trinajstić information content (AvgIpc) is 2.96. The molecule has 1 saturated heterocycles. The summed E-state index contributed by atoms with van der Waals surface area (Å²) >= 11 is 0. The molecule has 0 radical (unpaired) electrons. The summed E-state index contributed by atoms with van der Waals surface area (Å²) in [4.78, 5) is 11.6. The van der Waals surface area contributed by atoms with Crippen molar-refractivity contribution in [1.29, 1.82) is 0 Å². The Hall–Kier alpha value is -1.36. The van der Waals surface area contributed by atoms with Crippen LogP contribution in [0.2, 0.25) is 0 Å². The van der Waals surface area contributed by atoms with Crippen LogP contribution in [0, 0.1) is 5.92 Å². The molecule has 1 unspecified atom stereocenters.